The van der Waals surface area contributed by atoms with Crippen LogP contribution in [0.25, 0.3) is 0 Å². The lowest BCUT2D eigenvalue weighted by atomic mass is 10.2. The predicted octanol–water partition coefficient (Wildman–Crippen LogP) is 4.90. The van der Waals surface area contributed by atoms with Crippen LogP contribution in [0.1, 0.15) is 11.1 Å². The molecule has 3 aromatic rings. The van der Waals surface area contributed by atoms with Gasteiger partial charge in [0.15, 0.2) is 0 Å². The number of hydrogen-bond donors (Lipinski definition) is 2. The van der Waals surface area contributed by atoms with E-state index in [4.69, 9.17) is 11.6 Å². The quantitative estimate of drug-likeness (QED) is 0.660. The highest BCUT2D eigenvalue weighted by molar-refractivity contribution is 6.33. The normalized spacial score (nSPS) is 11.2. The van der Waals surface area contributed by atoms with E-state index >= 15 is 0 Å². The monoisotopic (exact) mass is 379 g/mol. The van der Waals surface area contributed by atoms with Crippen molar-refractivity contribution in [1.29, 1.82) is 0 Å². The van der Waals surface area contributed by atoms with Gasteiger partial charge in [-0.2, -0.15) is 18.2 Å². The van der Waals surface area contributed by atoms with E-state index in [1.807, 2.05) is 12.1 Å². The highest BCUT2D eigenvalue weighted by atomic mass is 35.5. The summed E-state index contributed by atoms with van der Waals surface area (Å²) in [7, 11) is 0. The molecule has 0 amide bonds. The Kier molecular flexibility index (Phi) is 5.22. The zero-order valence-electron chi connectivity index (χ0n) is 13.3. The molecule has 0 saturated carbocycles. The number of aromatic nitrogens is 3. The maximum atomic E-state index is 12.8. The first kappa shape index (κ1) is 17.9. The highest BCUT2D eigenvalue weighted by Gasteiger charge is 2.31. The van der Waals surface area contributed by atoms with Crippen LogP contribution in [0, 0.1) is 0 Å². The molecule has 0 unspecified atom stereocenters. The van der Waals surface area contributed by atoms with Crippen molar-refractivity contribution in [2.75, 3.05) is 10.6 Å². The van der Waals surface area contributed by atoms with Crippen LogP contribution in [-0.2, 0) is 12.7 Å². The summed E-state index contributed by atoms with van der Waals surface area (Å²) in [6, 6.07) is 8.38. The molecule has 3 rings (SSSR count). The van der Waals surface area contributed by atoms with Crippen LogP contribution >= 0.6 is 11.6 Å². The van der Waals surface area contributed by atoms with E-state index in [-0.39, 0.29) is 16.7 Å². The van der Waals surface area contributed by atoms with E-state index in [2.05, 4.69) is 25.6 Å². The van der Waals surface area contributed by atoms with Gasteiger partial charge in [-0.1, -0.05) is 11.6 Å². The maximum Gasteiger partial charge on any atom is 0.416 e. The van der Waals surface area contributed by atoms with Crippen molar-refractivity contribution in [2.45, 2.75) is 12.7 Å². The van der Waals surface area contributed by atoms with Gasteiger partial charge in [-0.25, -0.2) is 4.98 Å². The number of hydrogen-bond acceptors (Lipinski definition) is 5. The zero-order valence-corrected chi connectivity index (χ0v) is 14.0. The van der Waals surface area contributed by atoms with Crippen molar-refractivity contribution >= 4 is 29.1 Å². The molecule has 1 aromatic carbocycles. The third-order valence-corrected chi connectivity index (χ3v) is 3.75. The van der Waals surface area contributed by atoms with Crippen LogP contribution in [0.3, 0.4) is 0 Å². The van der Waals surface area contributed by atoms with E-state index in [0.717, 1.165) is 17.7 Å². The number of nitrogens with zero attached hydrogens (tertiary/aromatic N) is 3. The molecule has 0 fully saturated rings. The van der Waals surface area contributed by atoms with Gasteiger partial charge in [0.25, 0.3) is 0 Å². The molecule has 0 radical (unpaired) electrons. The molecule has 26 heavy (non-hydrogen) atoms. The van der Waals surface area contributed by atoms with E-state index in [0.29, 0.717) is 12.4 Å². The molecule has 2 heterocycles. The maximum absolute atomic E-state index is 12.8. The van der Waals surface area contributed by atoms with Crippen LogP contribution < -0.4 is 10.6 Å². The van der Waals surface area contributed by atoms with Gasteiger partial charge < -0.3 is 10.6 Å². The molecule has 5 nitrogen and oxygen atoms in total. The SMILES string of the molecule is FC(F)(F)c1ccc(Cl)c(Nc2nccc(NCc3ccncc3)n2)c1. The molecule has 9 heteroatoms. The minimum atomic E-state index is -4.46. The van der Waals surface area contributed by atoms with Crippen LogP contribution in [0.5, 0.6) is 0 Å². The summed E-state index contributed by atoms with van der Waals surface area (Å²) in [5, 5.41) is 5.96. The smallest absolute Gasteiger partial charge is 0.366 e. The van der Waals surface area contributed by atoms with Crippen molar-refractivity contribution < 1.29 is 13.2 Å². The first-order chi connectivity index (χ1) is 12.4. The summed E-state index contributed by atoms with van der Waals surface area (Å²) in [6.07, 6.45) is 0.390. The third kappa shape index (κ3) is 4.60. The van der Waals surface area contributed by atoms with Gasteiger partial charge in [-0.3, -0.25) is 4.98 Å². The Labute approximate surface area is 152 Å². The van der Waals surface area contributed by atoms with Gasteiger partial charge >= 0.3 is 6.18 Å². The molecule has 0 saturated heterocycles. The van der Waals surface area contributed by atoms with Crippen LogP contribution in [0.15, 0.2) is 55.0 Å². The van der Waals surface area contributed by atoms with Crippen molar-refractivity contribution in [3.63, 3.8) is 0 Å². The average Bonchev–Trinajstić information content (AvgIpc) is 2.62. The Bertz CT molecular complexity index is 887. The molecule has 0 aliphatic heterocycles. The number of anilines is 3. The zero-order chi connectivity index (χ0) is 18.6. The van der Waals surface area contributed by atoms with Gasteiger partial charge in [0, 0.05) is 25.1 Å². The van der Waals surface area contributed by atoms with Gasteiger partial charge in [-0.15, -0.1) is 0 Å². The molecule has 2 N–H and O–H groups in total. The Balaban J connectivity index is 1.75. The van der Waals surface area contributed by atoms with Gasteiger partial charge in [0.05, 0.1) is 16.3 Å². The van der Waals surface area contributed by atoms with Crippen LogP contribution in [0.2, 0.25) is 5.02 Å². The number of halogens is 4. The fourth-order valence-corrected chi connectivity index (χ4v) is 2.29. The largest absolute Gasteiger partial charge is 0.416 e. The fourth-order valence-electron chi connectivity index (χ4n) is 2.13. The second kappa shape index (κ2) is 7.57. The average molecular weight is 380 g/mol. The number of pyridine rings is 1. The molecule has 134 valence electrons. The summed E-state index contributed by atoms with van der Waals surface area (Å²) < 4.78 is 38.5. The summed E-state index contributed by atoms with van der Waals surface area (Å²) in [6.45, 7) is 0.517. The predicted molar refractivity (Wildman–Crippen MR) is 93.3 cm³/mol. The van der Waals surface area contributed by atoms with Gasteiger partial charge in [-0.05, 0) is 42.0 Å². The number of alkyl halides is 3. The molecular formula is C17H13ClF3N5. The van der Waals surface area contributed by atoms with Crippen molar-refractivity contribution in [3.8, 4) is 0 Å². The van der Waals surface area contributed by atoms with Gasteiger partial charge in [0.2, 0.25) is 5.95 Å². The van der Waals surface area contributed by atoms with E-state index in [1.54, 1.807) is 18.5 Å². The summed E-state index contributed by atoms with van der Waals surface area (Å²) in [5.41, 5.74) is 0.276. The summed E-state index contributed by atoms with van der Waals surface area (Å²) >= 11 is 5.97. The number of nitrogens with one attached hydrogen (secondary N) is 2. The minimum Gasteiger partial charge on any atom is -0.366 e. The molecule has 0 spiro atoms. The Morgan fingerprint density at radius 1 is 1.00 bits per heavy atom. The van der Waals surface area contributed by atoms with Crippen molar-refractivity contribution in [1.82, 2.24) is 15.0 Å². The molecule has 0 bridgehead atoms. The molecule has 0 aliphatic rings. The van der Waals surface area contributed by atoms with Crippen LogP contribution in [0.4, 0.5) is 30.6 Å². The number of benzene rings is 1. The lowest BCUT2D eigenvalue weighted by Crippen LogP contribution is -2.07. The Morgan fingerprint density at radius 2 is 1.77 bits per heavy atom. The summed E-state index contributed by atoms with van der Waals surface area (Å²) in [5.74, 6) is 0.647. The number of rotatable bonds is 5. The summed E-state index contributed by atoms with van der Waals surface area (Å²) in [4.78, 5) is 12.2. The molecule has 0 aliphatic carbocycles. The van der Waals surface area contributed by atoms with Crippen molar-refractivity contribution in [2.24, 2.45) is 0 Å². The van der Waals surface area contributed by atoms with Gasteiger partial charge in [0.1, 0.15) is 5.82 Å². The Hall–Kier alpha value is -2.87. The van der Waals surface area contributed by atoms with E-state index in [1.165, 1.54) is 12.3 Å². The topological polar surface area (TPSA) is 62.7 Å². The fraction of sp³-hybridized carbons (Fsp3) is 0.118. The van der Waals surface area contributed by atoms with E-state index < -0.39 is 11.7 Å². The standard InChI is InChI=1S/C17H13ClF3N5/c18-13-2-1-12(17(19,20)21)9-14(13)25-16-23-8-5-15(26-16)24-10-11-3-6-22-7-4-11/h1-9H,10H2,(H2,23,24,25,26). The second-order valence-electron chi connectivity index (χ2n) is 5.29. The highest BCUT2D eigenvalue weighted by Crippen LogP contribution is 2.34. The van der Waals surface area contributed by atoms with Crippen molar-refractivity contribution in [3.05, 3.63) is 71.1 Å². The van der Waals surface area contributed by atoms with Crippen LogP contribution in [-0.4, -0.2) is 15.0 Å². The first-order valence-electron chi connectivity index (χ1n) is 7.51. The lowest BCUT2D eigenvalue weighted by molar-refractivity contribution is -0.137. The third-order valence-electron chi connectivity index (χ3n) is 3.42. The first-order valence-corrected chi connectivity index (χ1v) is 7.89. The second-order valence-corrected chi connectivity index (χ2v) is 5.70. The lowest BCUT2D eigenvalue weighted by Gasteiger charge is -2.12. The molecule has 2 aromatic heterocycles. The molecule has 0 atom stereocenters. The Morgan fingerprint density at radius 3 is 2.50 bits per heavy atom. The van der Waals surface area contributed by atoms with E-state index in [9.17, 15) is 13.2 Å². The minimum absolute atomic E-state index is 0.0766. The molecular weight excluding hydrogens is 367 g/mol.